The molecular weight excluding hydrogens is 238 g/mol. The Bertz CT molecular complexity index is 519. The number of benzene rings is 1. The van der Waals surface area contributed by atoms with Crippen LogP contribution in [0.1, 0.15) is 43.1 Å². The number of hydrogen-bond donors (Lipinski definition) is 1. The van der Waals surface area contributed by atoms with E-state index in [-0.39, 0.29) is 0 Å². The van der Waals surface area contributed by atoms with Crippen LogP contribution in [-0.2, 0) is 13.2 Å². The van der Waals surface area contributed by atoms with Gasteiger partial charge in [-0.25, -0.2) is 0 Å². The number of ether oxygens (including phenoxy) is 1. The van der Waals surface area contributed by atoms with Crippen molar-refractivity contribution in [3.63, 3.8) is 0 Å². The van der Waals surface area contributed by atoms with Gasteiger partial charge in [-0.2, -0.15) is 0 Å². The lowest BCUT2D eigenvalue weighted by Crippen LogP contribution is -2.04. The van der Waals surface area contributed by atoms with E-state index in [9.17, 15) is 0 Å². The van der Waals surface area contributed by atoms with Crippen molar-refractivity contribution < 1.29 is 9.15 Å². The van der Waals surface area contributed by atoms with Crippen LogP contribution in [0.5, 0.6) is 5.75 Å². The van der Waals surface area contributed by atoms with Crippen molar-refractivity contribution in [3.05, 3.63) is 53.5 Å². The summed E-state index contributed by atoms with van der Waals surface area (Å²) >= 11 is 0. The van der Waals surface area contributed by atoms with E-state index in [0.717, 1.165) is 23.5 Å². The Balaban J connectivity index is 2.11. The van der Waals surface area contributed by atoms with E-state index in [4.69, 9.17) is 14.9 Å². The second-order valence-electron chi connectivity index (χ2n) is 4.71. The van der Waals surface area contributed by atoms with Crippen molar-refractivity contribution in [2.24, 2.45) is 5.73 Å². The molecule has 19 heavy (non-hydrogen) atoms. The lowest BCUT2D eigenvalue weighted by molar-refractivity contribution is 0.297. The first-order valence-corrected chi connectivity index (χ1v) is 6.73. The molecule has 2 aromatic rings. The normalized spacial score (nSPS) is 12.4. The van der Waals surface area contributed by atoms with Gasteiger partial charge in [0.25, 0.3) is 0 Å². The van der Waals surface area contributed by atoms with Crippen molar-refractivity contribution in [2.45, 2.75) is 39.3 Å². The Hall–Kier alpha value is -1.74. The van der Waals surface area contributed by atoms with E-state index in [0.29, 0.717) is 19.1 Å². The van der Waals surface area contributed by atoms with Gasteiger partial charge in [0, 0.05) is 5.56 Å². The minimum Gasteiger partial charge on any atom is -0.488 e. The highest BCUT2D eigenvalue weighted by atomic mass is 16.5. The minimum atomic E-state index is 0.401. The second kappa shape index (κ2) is 6.43. The molecule has 2 N–H and O–H groups in total. The monoisotopic (exact) mass is 259 g/mol. The second-order valence-corrected chi connectivity index (χ2v) is 4.71. The summed E-state index contributed by atoms with van der Waals surface area (Å²) in [6.07, 6.45) is 2.75. The van der Waals surface area contributed by atoms with Gasteiger partial charge in [0.05, 0.1) is 12.8 Å². The third-order valence-electron chi connectivity index (χ3n) is 3.47. The van der Waals surface area contributed by atoms with Crippen molar-refractivity contribution in [2.75, 3.05) is 0 Å². The molecular formula is C16H21NO2. The average Bonchev–Trinajstić information content (AvgIpc) is 2.92. The molecule has 0 saturated heterocycles. The third kappa shape index (κ3) is 3.18. The van der Waals surface area contributed by atoms with Crippen molar-refractivity contribution in [3.8, 4) is 5.75 Å². The topological polar surface area (TPSA) is 48.4 Å². The maximum Gasteiger partial charge on any atom is 0.123 e. The first kappa shape index (κ1) is 13.7. The molecule has 0 bridgehead atoms. The highest BCUT2D eigenvalue weighted by molar-refractivity contribution is 5.36. The summed E-state index contributed by atoms with van der Waals surface area (Å²) in [6, 6.07) is 10.1. The number of rotatable bonds is 6. The van der Waals surface area contributed by atoms with E-state index in [1.54, 1.807) is 6.26 Å². The van der Waals surface area contributed by atoms with Crippen molar-refractivity contribution >= 4 is 0 Å². The Labute approximate surface area is 114 Å². The summed E-state index contributed by atoms with van der Waals surface area (Å²) in [5.74, 6) is 2.23. The molecule has 1 heterocycles. The molecule has 1 atom stereocenters. The minimum absolute atomic E-state index is 0.401. The van der Waals surface area contributed by atoms with Gasteiger partial charge in [-0.3, -0.25) is 0 Å². The Morgan fingerprint density at radius 3 is 2.79 bits per heavy atom. The molecule has 3 heteroatoms. The predicted molar refractivity (Wildman–Crippen MR) is 76.1 cm³/mol. The quantitative estimate of drug-likeness (QED) is 0.857. The smallest absolute Gasteiger partial charge is 0.123 e. The number of para-hydroxylation sites is 1. The maximum atomic E-state index is 5.93. The van der Waals surface area contributed by atoms with Gasteiger partial charge in [0.2, 0.25) is 0 Å². The summed E-state index contributed by atoms with van der Waals surface area (Å²) < 4.78 is 11.2. The molecule has 3 nitrogen and oxygen atoms in total. The largest absolute Gasteiger partial charge is 0.488 e. The molecule has 1 aromatic carbocycles. The van der Waals surface area contributed by atoms with E-state index in [1.165, 1.54) is 5.56 Å². The van der Waals surface area contributed by atoms with Gasteiger partial charge in [-0.05, 0) is 30.0 Å². The fourth-order valence-electron chi connectivity index (χ4n) is 2.07. The molecule has 1 aromatic heterocycles. The van der Waals surface area contributed by atoms with Crippen molar-refractivity contribution in [1.29, 1.82) is 0 Å². The lowest BCUT2D eigenvalue weighted by Gasteiger charge is -2.15. The Morgan fingerprint density at radius 2 is 2.05 bits per heavy atom. The fraction of sp³-hybridized carbons (Fsp3) is 0.375. The van der Waals surface area contributed by atoms with Crippen LogP contribution in [-0.4, -0.2) is 0 Å². The van der Waals surface area contributed by atoms with Crippen LogP contribution in [0.3, 0.4) is 0 Å². The average molecular weight is 259 g/mol. The zero-order chi connectivity index (χ0) is 13.7. The molecule has 0 aliphatic heterocycles. The standard InChI is InChI=1S/C16H21NO2/c1-3-12(2)14-6-4-5-7-15(14)19-11-13-8-9-18-16(13)10-17/h4-9,12H,3,10-11,17H2,1-2H3. The fourth-order valence-corrected chi connectivity index (χ4v) is 2.07. The van der Waals surface area contributed by atoms with Gasteiger partial charge < -0.3 is 14.9 Å². The molecule has 0 amide bonds. The predicted octanol–water partition coefficient (Wildman–Crippen LogP) is 3.83. The van der Waals surface area contributed by atoms with Gasteiger partial charge in [-0.15, -0.1) is 0 Å². The zero-order valence-corrected chi connectivity index (χ0v) is 11.6. The van der Waals surface area contributed by atoms with Crippen LogP contribution >= 0.6 is 0 Å². The number of furan rings is 1. The first-order chi connectivity index (χ1) is 9.26. The molecule has 0 saturated carbocycles. The molecule has 1 unspecified atom stereocenters. The first-order valence-electron chi connectivity index (χ1n) is 6.73. The van der Waals surface area contributed by atoms with Crippen LogP contribution in [0.25, 0.3) is 0 Å². The lowest BCUT2D eigenvalue weighted by atomic mass is 9.98. The van der Waals surface area contributed by atoms with E-state index >= 15 is 0 Å². The highest BCUT2D eigenvalue weighted by Gasteiger charge is 2.11. The zero-order valence-electron chi connectivity index (χ0n) is 11.6. The molecule has 2 rings (SSSR count). The van der Waals surface area contributed by atoms with E-state index in [1.807, 2.05) is 18.2 Å². The van der Waals surface area contributed by atoms with Crippen molar-refractivity contribution in [1.82, 2.24) is 0 Å². The molecule has 0 spiro atoms. The van der Waals surface area contributed by atoms with Crippen LogP contribution in [0.4, 0.5) is 0 Å². The summed E-state index contributed by atoms with van der Waals surface area (Å²) in [6.45, 7) is 5.30. The molecule has 0 fully saturated rings. The summed E-state index contributed by atoms with van der Waals surface area (Å²) in [5.41, 5.74) is 7.88. The number of nitrogens with two attached hydrogens (primary N) is 1. The van der Waals surface area contributed by atoms with Crippen LogP contribution in [0.2, 0.25) is 0 Å². The molecule has 102 valence electrons. The molecule has 0 aliphatic carbocycles. The van der Waals surface area contributed by atoms with E-state index in [2.05, 4.69) is 26.0 Å². The van der Waals surface area contributed by atoms with Gasteiger partial charge in [0.15, 0.2) is 0 Å². The summed E-state index contributed by atoms with van der Waals surface area (Å²) in [4.78, 5) is 0. The molecule has 0 aliphatic rings. The van der Waals surface area contributed by atoms with Crippen LogP contribution < -0.4 is 10.5 Å². The maximum absolute atomic E-state index is 5.93. The Morgan fingerprint density at radius 1 is 1.26 bits per heavy atom. The van der Waals surface area contributed by atoms with Gasteiger partial charge in [-0.1, -0.05) is 32.0 Å². The SMILES string of the molecule is CCC(C)c1ccccc1OCc1ccoc1CN. The molecule has 0 radical (unpaired) electrons. The van der Waals surface area contributed by atoms with E-state index < -0.39 is 0 Å². The highest BCUT2D eigenvalue weighted by Crippen LogP contribution is 2.29. The summed E-state index contributed by atoms with van der Waals surface area (Å²) in [7, 11) is 0. The van der Waals surface area contributed by atoms with Gasteiger partial charge in [0.1, 0.15) is 18.1 Å². The van der Waals surface area contributed by atoms with Crippen LogP contribution in [0, 0.1) is 0 Å². The summed E-state index contributed by atoms with van der Waals surface area (Å²) in [5, 5.41) is 0. The Kier molecular flexibility index (Phi) is 4.63. The van der Waals surface area contributed by atoms with Crippen LogP contribution in [0.15, 0.2) is 41.0 Å². The number of hydrogen-bond acceptors (Lipinski definition) is 3. The third-order valence-corrected chi connectivity index (χ3v) is 3.47. The van der Waals surface area contributed by atoms with Gasteiger partial charge >= 0.3 is 0 Å².